The van der Waals surface area contributed by atoms with E-state index in [9.17, 15) is 0 Å². The number of aryl methyl sites for hydroxylation is 5. The van der Waals surface area contributed by atoms with Crippen molar-refractivity contribution in [3.8, 4) is 11.1 Å². The van der Waals surface area contributed by atoms with Gasteiger partial charge in [0.2, 0.25) is 0 Å². The number of benzene rings is 6. The zero-order valence-corrected chi connectivity index (χ0v) is 34.1. The molecule has 0 heterocycles. The fourth-order valence-corrected chi connectivity index (χ4v) is 7.83. The molecule has 282 valence electrons. The number of hydrogen-bond acceptors (Lipinski definition) is 3. The molecule has 6 aromatic carbocycles. The predicted octanol–water partition coefficient (Wildman–Crippen LogP) is 13.3. The van der Waals surface area contributed by atoms with Gasteiger partial charge in [-0.15, -0.1) is 0 Å². The van der Waals surface area contributed by atoms with E-state index < -0.39 is 0 Å². The van der Waals surface area contributed by atoms with Crippen molar-refractivity contribution in [3.63, 3.8) is 0 Å². The average molecular weight is 726 g/mol. The molecule has 0 saturated heterocycles. The second kappa shape index (κ2) is 18.4. The maximum atomic E-state index is 6.96. The molecule has 0 N–H and O–H groups in total. The van der Waals surface area contributed by atoms with Crippen molar-refractivity contribution in [1.29, 1.82) is 0 Å². The molecule has 1 atom stereocenters. The van der Waals surface area contributed by atoms with Gasteiger partial charge in [-0.2, -0.15) is 0 Å². The minimum absolute atomic E-state index is 0.207. The Kier molecular flexibility index (Phi) is 13.2. The number of rotatable bonds is 16. The normalized spacial score (nSPS) is 11.7. The van der Waals surface area contributed by atoms with Crippen molar-refractivity contribution in [3.05, 3.63) is 179 Å². The van der Waals surface area contributed by atoms with E-state index in [2.05, 4.69) is 197 Å². The van der Waals surface area contributed by atoms with E-state index in [4.69, 9.17) is 6.92 Å². The Bertz CT molecular complexity index is 2100. The summed E-state index contributed by atoms with van der Waals surface area (Å²) in [6, 6.07) is 49.5. The molecule has 6 aromatic rings. The number of anilines is 5. The molecule has 2 radical (unpaired) electrons. The fraction of sp³-hybridized carbons (Fsp3) is 0.288. The monoisotopic (exact) mass is 725 g/mol. The van der Waals surface area contributed by atoms with Crippen LogP contribution in [0.15, 0.2) is 133 Å². The van der Waals surface area contributed by atoms with Crippen LogP contribution in [0.5, 0.6) is 0 Å². The second-order valence-electron chi connectivity index (χ2n) is 14.7. The van der Waals surface area contributed by atoms with Gasteiger partial charge in [-0.3, -0.25) is 0 Å². The molecule has 0 saturated carbocycles. The van der Waals surface area contributed by atoms with Gasteiger partial charge in [0.15, 0.2) is 0 Å². The van der Waals surface area contributed by atoms with Crippen molar-refractivity contribution < 1.29 is 0 Å². The average Bonchev–Trinajstić information content (AvgIpc) is 3.22. The summed E-state index contributed by atoms with van der Waals surface area (Å²) in [7, 11) is 0. The molecule has 0 amide bonds. The molecule has 55 heavy (non-hydrogen) atoms. The van der Waals surface area contributed by atoms with Crippen molar-refractivity contribution in [2.45, 2.75) is 73.6 Å². The lowest BCUT2D eigenvalue weighted by atomic mass is 9.89. The smallest absolute Gasteiger partial charge is 0.0464 e. The third kappa shape index (κ3) is 9.16. The highest BCUT2D eigenvalue weighted by molar-refractivity contribution is 5.79. The Morgan fingerprint density at radius 3 is 1.42 bits per heavy atom. The van der Waals surface area contributed by atoms with Crippen LogP contribution in [0.3, 0.4) is 0 Å². The van der Waals surface area contributed by atoms with Gasteiger partial charge in [-0.05, 0) is 178 Å². The van der Waals surface area contributed by atoms with Crippen LogP contribution in [-0.2, 0) is 19.3 Å². The highest BCUT2D eigenvalue weighted by Gasteiger charge is 2.18. The summed E-state index contributed by atoms with van der Waals surface area (Å²) >= 11 is 0. The van der Waals surface area contributed by atoms with Gasteiger partial charge >= 0.3 is 0 Å². The van der Waals surface area contributed by atoms with Crippen LogP contribution in [0.2, 0.25) is 0 Å². The van der Waals surface area contributed by atoms with Gasteiger partial charge in [0.25, 0.3) is 0 Å². The van der Waals surface area contributed by atoms with E-state index >= 15 is 0 Å². The van der Waals surface area contributed by atoms with Crippen LogP contribution in [0.25, 0.3) is 11.1 Å². The Morgan fingerprint density at radius 2 is 0.909 bits per heavy atom. The SMILES string of the molecule is [CH]C(c1ccc(N(CC)CC)cc1)c1ccc(N(c2ccc(-c3ccc(CC)cc3)cc2)c2ccc(CCc3ccc(N(CC)CC)cc3)c(C)c2)cc1C. The first kappa shape index (κ1) is 39.4. The third-order valence-electron chi connectivity index (χ3n) is 11.4. The van der Waals surface area contributed by atoms with E-state index in [1.807, 2.05) is 0 Å². The molecule has 3 heteroatoms. The van der Waals surface area contributed by atoms with E-state index in [-0.39, 0.29) is 5.92 Å². The second-order valence-corrected chi connectivity index (χ2v) is 14.7. The van der Waals surface area contributed by atoms with E-state index in [1.54, 1.807) is 0 Å². The van der Waals surface area contributed by atoms with Crippen molar-refractivity contribution in [2.75, 3.05) is 40.9 Å². The van der Waals surface area contributed by atoms with E-state index in [0.29, 0.717) is 0 Å². The fourth-order valence-electron chi connectivity index (χ4n) is 7.83. The molecular formula is C52H59N3. The largest absolute Gasteiger partial charge is 0.372 e. The maximum absolute atomic E-state index is 6.96. The molecule has 0 bridgehead atoms. The van der Waals surface area contributed by atoms with Gasteiger partial charge in [0.05, 0.1) is 0 Å². The number of nitrogens with zero attached hydrogens (tertiary/aromatic N) is 3. The minimum atomic E-state index is -0.207. The van der Waals surface area contributed by atoms with Crippen LogP contribution in [0.4, 0.5) is 28.4 Å². The Hall–Kier alpha value is -5.28. The number of hydrogen-bond donors (Lipinski definition) is 0. The first-order valence-electron chi connectivity index (χ1n) is 20.4. The van der Waals surface area contributed by atoms with Crippen molar-refractivity contribution in [2.24, 2.45) is 0 Å². The van der Waals surface area contributed by atoms with Crippen LogP contribution >= 0.6 is 0 Å². The van der Waals surface area contributed by atoms with Crippen LogP contribution < -0.4 is 14.7 Å². The van der Waals surface area contributed by atoms with E-state index in [0.717, 1.165) is 73.6 Å². The maximum Gasteiger partial charge on any atom is 0.0464 e. The van der Waals surface area contributed by atoms with Gasteiger partial charge in [-0.1, -0.05) is 79.7 Å². The van der Waals surface area contributed by atoms with Gasteiger partial charge in [-0.25, -0.2) is 0 Å². The van der Waals surface area contributed by atoms with Gasteiger partial charge in [0.1, 0.15) is 0 Å². The summed E-state index contributed by atoms with van der Waals surface area (Å²) in [5, 5.41) is 0. The molecule has 6 rings (SSSR count). The Balaban J connectivity index is 1.29. The summed E-state index contributed by atoms with van der Waals surface area (Å²) in [5.74, 6) is -0.207. The Labute approximate surface area is 332 Å². The summed E-state index contributed by atoms with van der Waals surface area (Å²) < 4.78 is 0. The molecule has 0 aliphatic rings. The highest BCUT2D eigenvalue weighted by atomic mass is 15.1. The third-order valence-corrected chi connectivity index (χ3v) is 11.4. The lowest BCUT2D eigenvalue weighted by molar-refractivity contribution is 0.864. The van der Waals surface area contributed by atoms with Crippen LogP contribution in [0.1, 0.15) is 79.5 Å². The van der Waals surface area contributed by atoms with Gasteiger partial charge < -0.3 is 14.7 Å². The lowest BCUT2D eigenvalue weighted by Crippen LogP contribution is -2.21. The van der Waals surface area contributed by atoms with Crippen LogP contribution in [0, 0.1) is 20.8 Å². The quantitative estimate of drug-likeness (QED) is 0.0983. The summed E-state index contributed by atoms with van der Waals surface area (Å²) in [4.78, 5) is 7.14. The van der Waals surface area contributed by atoms with Crippen molar-refractivity contribution in [1.82, 2.24) is 0 Å². The van der Waals surface area contributed by atoms with E-state index in [1.165, 1.54) is 50.3 Å². The molecule has 0 fully saturated rings. The summed E-state index contributed by atoms with van der Waals surface area (Å²) in [5.41, 5.74) is 17.2. The minimum Gasteiger partial charge on any atom is -0.372 e. The molecule has 0 aromatic heterocycles. The molecule has 1 unspecified atom stereocenters. The van der Waals surface area contributed by atoms with Crippen LogP contribution in [-0.4, -0.2) is 26.2 Å². The molecule has 0 aliphatic heterocycles. The highest BCUT2D eigenvalue weighted by Crippen LogP contribution is 2.39. The first-order chi connectivity index (χ1) is 26.8. The zero-order valence-electron chi connectivity index (χ0n) is 34.1. The van der Waals surface area contributed by atoms with Crippen molar-refractivity contribution >= 4 is 28.4 Å². The predicted molar refractivity (Wildman–Crippen MR) is 239 cm³/mol. The molecule has 0 spiro atoms. The summed E-state index contributed by atoms with van der Waals surface area (Å²) in [6.07, 6.45) is 3.06. The topological polar surface area (TPSA) is 9.72 Å². The molecular weight excluding hydrogens is 667 g/mol. The lowest BCUT2D eigenvalue weighted by Gasteiger charge is -2.28. The van der Waals surface area contributed by atoms with Gasteiger partial charge in [0, 0.05) is 60.5 Å². The standard InChI is InChI=1S/C52H59N3/c1-9-41-14-20-45(21-15-41)46-25-31-49(32-26-46)55(50-33-22-43(38(6)36-50)19-16-42-17-27-47(28-18-42)53(10-2)11-3)51-34-35-52(39(7)37-51)40(8)44-23-29-48(30-24-44)54(12-4)13-5/h8,14-15,17-18,20-37,40H,9-13,16,19H2,1-7H3. The molecule has 3 nitrogen and oxygen atoms in total. The first-order valence-corrected chi connectivity index (χ1v) is 20.4. The molecule has 0 aliphatic carbocycles. The zero-order chi connectivity index (χ0) is 38.9. The summed E-state index contributed by atoms with van der Waals surface area (Å²) in [6.45, 7) is 26.4. The Morgan fingerprint density at radius 1 is 0.455 bits per heavy atom.